The van der Waals surface area contributed by atoms with E-state index in [4.69, 9.17) is 5.11 Å². The van der Waals surface area contributed by atoms with Crippen molar-refractivity contribution in [2.45, 2.75) is 38.3 Å². The summed E-state index contributed by atoms with van der Waals surface area (Å²) >= 11 is 0. The quantitative estimate of drug-likeness (QED) is 0.897. The molecule has 0 spiro atoms. The van der Waals surface area contributed by atoms with E-state index in [-0.39, 0.29) is 0 Å². The van der Waals surface area contributed by atoms with Gasteiger partial charge in [-0.05, 0) is 54.6 Å². The second kappa shape index (κ2) is 6.38. The van der Waals surface area contributed by atoms with Gasteiger partial charge in [-0.3, -0.25) is 4.90 Å². The van der Waals surface area contributed by atoms with Crippen LogP contribution in [-0.4, -0.2) is 29.2 Å². The maximum Gasteiger partial charge on any atom is 0.0431 e. The molecule has 2 heteroatoms. The Morgan fingerprint density at radius 3 is 2.80 bits per heavy atom. The summed E-state index contributed by atoms with van der Waals surface area (Å²) in [5, 5.41) is 11.6. The summed E-state index contributed by atoms with van der Waals surface area (Å²) < 4.78 is 0. The number of hydrogen-bond donors (Lipinski definition) is 1. The molecular formula is C18H23NO. The molecule has 106 valence electrons. The third-order valence-electron chi connectivity index (χ3n) is 4.39. The summed E-state index contributed by atoms with van der Waals surface area (Å²) in [5.41, 5.74) is 1.40. The Hall–Kier alpha value is -1.38. The lowest BCUT2D eigenvalue weighted by Crippen LogP contribution is -2.29. The van der Waals surface area contributed by atoms with Crippen LogP contribution in [0, 0.1) is 0 Å². The van der Waals surface area contributed by atoms with Crippen molar-refractivity contribution in [2.75, 3.05) is 13.2 Å². The highest BCUT2D eigenvalue weighted by molar-refractivity contribution is 5.82. The van der Waals surface area contributed by atoms with Gasteiger partial charge < -0.3 is 5.11 Å². The first-order chi connectivity index (χ1) is 9.86. The number of hydrogen-bond acceptors (Lipinski definition) is 2. The summed E-state index contributed by atoms with van der Waals surface area (Å²) in [6.45, 7) is 2.56. The molecule has 1 aliphatic heterocycles. The van der Waals surface area contributed by atoms with E-state index in [1.165, 1.54) is 35.7 Å². The standard InChI is InChI=1S/C18H23NO/c20-12-4-8-18-7-3-11-19(18)14-15-9-10-16-5-1-2-6-17(16)13-15/h1-2,5-6,9-10,13,18,20H,3-4,7-8,11-12,14H2. The van der Waals surface area contributed by atoms with Crippen molar-refractivity contribution in [3.8, 4) is 0 Å². The number of nitrogens with zero attached hydrogens (tertiary/aromatic N) is 1. The van der Waals surface area contributed by atoms with E-state index in [0.717, 1.165) is 19.4 Å². The van der Waals surface area contributed by atoms with Gasteiger partial charge in [0.2, 0.25) is 0 Å². The van der Waals surface area contributed by atoms with E-state index >= 15 is 0 Å². The average Bonchev–Trinajstić information content (AvgIpc) is 2.92. The van der Waals surface area contributed by atoms with Gasteiger partial charge in [-0.25, -0.2) is 0 Å². The Kier molecular flexibility index (Phi) is 4.34. The fraction of sp³-hybridized carbons (Fsp3) is 0.444. The predicted molar refractivity (Wildman–Crippen MR) is 83.7 cm³/mol. The maximum atomic E-state index is 9.00. The Morgan fingerprint density at radius 2 is 1.95 bits per heavy atom. The van der Waals surface area contributed by atoms with Crippen molar-refractivity contribution in [1.29, 1.82) is 0 Å². The Balaban J connectivity index is 1.71. The van der Waals surface area contributed by atoms with Gasteiger partial charge in [0.1, 0.15) is 0 Å². The van der Waals surface area contributed by atoms with Gasteiger partial charge in [0.05, 0.1) is 0 Å². The van der Waals surface area contributed by atoms with Crippen molar-refractivity contribution in [3.63, 3.8) is 0 Å². The second-order valence-corrected chi connectivity index (χ2v) is 5.81. The van der Waals surface area contributed by atoms with Crippen molar-refractivity contribution in [1.82, 2.24) is 4.90 Å². The van der Waals surface area contributed by atoms with E-state index in [1.807, 2.05) is 0 Å². The molecule has 0 aromatic heterocycles. The van der Waals surface area contributed by atoms with Crippen molar-refractivity contribution < 1.29 is 5.11 Å². The van der Waals surface area contributed by atoms with Crippen LogP contribution < -0.4 is 0 Å². The number of likely N-dealkylation sites (tertiary alicyclic amines) is 1. The molecule has 0 amide bonds. The minimum atomic E-state index is 0.320. The van der Waals surface area contributed by atoms with Crippen LogP contribution in [0.2, 0.25) is 0 Å². The van der Waals surface area contributed by atoms with Gasteiger partial charge in [0, 0.05) is 19.2 Å². The summed E-state index contributed by atoms with van der Waals surface area (Å²) in [7, 11) is 0. The van der Waals surface area contributed by atoms with Crippen LogP contribution in [0.1, 0.15) is 31.2 Å². The normalized spacial score (nSPS) is 19.8. The smallest absolute Gasteiger partial charge is 0.0431 e. The topological polar surface area (TPSA) is 23.5 Å². The fourth-order valence-electron chi connectivity index (χ4n) is 3.33. The number of fused-ring (bicyclic) bond motifs is 1. The summed E-state index contributed by atoms with van der Waals surface area (Å²) in [5.74, 6) is 0. The Bertz CT molecular complexity index is 566. The first-order valence-electron chi connectivity index (χ1n) is 7.69. The molecular weight excluding hydrogens is 246 g/mol. The van der Waals surface area contributed by atoms with Crippen LogP contribution in [0.4, 0.5) is 0 Å². The van der Waals surface area contributed by atoms with E-state index in [2.05, 4.69) is 47.4 Å². The molecule has 1 unspecified atom stereocenters. The molecule has 1 atom stereocenters. The monoisotopic (exact) mass is 269 g/mol. The molecule has 1 saturated heterocycles. The number of rotatable bonds is 5. The van der Waals surface area contributed by atoms with Gasteiger partial charge in [-0.15, -0.1) is 0 Å². The van der Waals surface area contributed by atoms with Gasteiger partial charge in [0.15, 0.2) is 0 Å². The summed E-state index contributed by atoms with van der Waals surface area (Å²) in [4.78, 5) is 2.58. The summed E-state index contributed by atoms with van der Waals surface area (Å²) in [6, 6.07) is 16.0. The maximum absolute atomic E-state index is 9.00. The van der Waals surface area contributed by atoms with E-state index < -0.39 is 0 Å². The highest BCUT2D eigenvalue weighted by atomic mass is 16.2. The van der Waals surface area contributed by atoms with Crippen LogP contribution in [0.3, 0.4) is 0 Å². The zero-order valence-electron chi connectivity index (χ0n) is 12.0. The number of benzene rings is 2. The molecule has 1 heterocycles. The van der Waals surface area contributed by atoms with Crippen LogP contribution in [-0.2, 0) is 6.54 Å². The molecule has 1 fully saturated rings. The fourth-order valence-corrected chi connectivity index (χ4v) is 3.33. The highest BCUT2D eigenvalue weighted by Crippen LogP contribution is 2.24. The lowest BCUT2D eigenvalue weighted by molar-refractivity contribution is 0.210. The number of aliphatic hydroxyl groups is 1. The molecule has 2 aromatic carbocycles. The van der Waals surface area contributed by atoms with Crippen LogP contribution in [0.5, 0.6) is 0 Å². The molecule has 0 aliphatic carbocycles. The zero-order valence-corrected chi connectivity index (χ0v) is 12.0. The SMILES string of the molecule is OCCCC1CCCN1Cc1ccc2ccccc2c1. The molecule has 2 nitrogen and oxygen atoms in total. The van der Waals surface area contributed by atoms with Crippen LogP contribution in [0.25, 0.3) is 10.8 Å². The molecule has 20 heavy (non-hydrogen) atoms. The highest BCUT2D eigenvalue weighted by Gasteiger charge is 2.23. The first-order valence-corrected chi connectivity index (χ1v) is 7.69. The lowest BCUT2D eigenvalue weighted by atomic mass is 10.1. The molecule has 1 aliphatic rings. The van der Waals surface area contributed by atoms with Crippen molar-refractivity contribution in [2.24, 2.45) is 0 Å². The third-order valence-corrected chi connectivity index (χ3v) is 4.39. The molecule has 3 rings (SSSR count). The van der Waals surface area contributed by atoms with Gasteiger partial charge in [0.25, 0.3) is 0 Å². The van der Waals surface area contributed by atoms with E-state index in [9.17, 15) is 0 Å². The minimum Gasteiger partial charge on any atom is -0.396 e. The van der Waals surface area contributed by atoms with Gasteiger partial charge in [-0.2, -0.15) is 0 Å². The van der Waals surface area contributed by atoms with E-state index in [0.29, 0.717) is 12.6 Å². The Morgan fingerprint density at radius 1 is 1.10 bits per heavy atom. The second-order valence-electron chi connectivity index (χ2n) is 5.81. The van der Waals surface area contributed by atoms with Gasteiger partial charge >= 0.3 is 0 Å². The zero-order chi connectivity index (χ0) is 13.8. The van der Waals surface area contributed by atoms with Gasteiger partial charge in [-0.1, -0.05) is 36.4 Å². The number of aliphatic hydroxyl groups excluding tert-OH is 1. The Labute approximate surface area is 121 Å². The van der Waals surface area contributed by atoms with Crippen LogP contribution >= 0.6 is 0 Å². The molecule has 0 bridgehead atoms. The largest absolute Gasteiger partial charge is 0.396 e. The molecule has 1 N–H and O–H groups in total. The molecule has 0 saturated carbocycles. The third kappa shape index (κ3) is 3.02. The molecule has 2 aromatic rings. The minimum absolute atomic E-state index is 0.320. The first kappa shape index (κ1) is 13.6. The predicted octanol–water partition coefficient (Wildman–Crippen LogP) is 3.58. The molecule has 0 radical (unpaired) electrons. The van der Waals surface area contributed by atoms with E-state index in [1.54, 1.807) is 0 Å². The summed E-state index contributed by atoms with van der Waals surface area (Å²) in [6.07, 6.45) is 4.64. The van der Waals surface area contributed by atoms with Crippen LogP contribution in [0.15, 0.2) is 42.5 Å². The average molecular weight is 269 g/mol. The lowest BCUT2D eigenvalue weighted by Gasteiger charge is -2.24. The van der Waals surface area contributed by atoms with Crippen molar-refractivity contribution in [3.05, 3.63) is 48.0 Å². The van der Waals surface area contributed by atoms with Crippen molar-refractivity contribution >= 4 is 10.8 Å².